The molecule has 0 radical (unpaired) electrons. The molecule has 180 valence electrons. The molecule has 0 saturated carbocycles. The van der Waals surface area contributed by atoms with E-state index in [9.17, 15) is 9.59 Å². The zero-order valence-electron chi connectivity index (χ0n) is 18.9. The van der Waals surface area contributed by atoms with E-state index in [0.29, 0.717) is 49.8 Å². The summed E-state index contributed by atoms with van der Waals surface area (Å²) < 4.78 is 25.2. The summed E-state index contributed by atoms with van der Waals surface area (Å²) in [5.41, 5.74) is 1.87. The Bertz CT molecular complexity index is 1080. The van der Waals surface area contributed by atoms with Crippen molar-refractivity contribution in [3.63, 3.8) is 0 Å². The van der Waals surface area contributed by atoms with Crippen molar-refractivity contribution in [3.05, 3.63) is 47.8 Å². The highest BCUT2D eigenvalue weighted by Gasteiger charge is 2.33. The zero-order chi connectivity index (χ0) is 24.2. The smallest absolute Gasteiger partial charge is 0.414 e. The predicted molar refractivity (Wildman–Crippen MR) is 127 cm³/mol. The highest BCUT2D eigenvalue weighted by Crippen LogP contribution is 2.28. The number of anilines is 2. The minimum Gasteiger partial charge on any atom is -0.474 e. The van der Waals surface area contributed by atoms with Crippen molar-refractivity contribution >= 4 is 40.8 Å². The van der Waals surface area contributed by atoms with Gasteiger partial charge >= 0.3 is 6.09 Å². The maximum absolute atomic E-state index is 15.0. The summed E-state index contributed by atoms with van der Waals surface area (Å²) in [7, 11) is 1.45. The van der Waals surface area contributed by atoms with Crippen LogP contribution in [0.5, 0.6) is 0 Å². The number of hydrogen-bond donors (Lipinski definition) is 1. The van der Waals surface area contributed by atoms with Gasteiger partial charge in [0.05, 0.1) is 43.5 Å². The average Bonchev–Trinajstić information content (AvgIpc) is 3.23. The molecule has 34 heavy (non-hydrogen) atoms. The summed E-state index contributed by atoms with van der Waals surface area (Å²) in [5, 5.41) is 3.05. The van der Waals surface area contributed by atoms with Crippen molar-refractivity contribution in [1.29, 1.82) is 0 Å². The quantitative estimate of drug-likeness (QED) is 0.631. The molecule has 0 spiro atoms. The Morgan fingerprint density at radius 1 is 1.26 bits per heavy atom. The summed E-state index contributed by atoms with van der Waals surface area (Å²) in [4.78, 5) is 38.1. The second-order valence-electron chi connectivity index (χ2n) is 7.95. The maximum atomic E-state index is 15.0. The van der Waals surface area contributed by atoms with Crippen molar-refractivity contribution in [2.24, 2.45) is 0 Å². The molecule has 0 aliphatic carbocycles. The van der Waals surface area contributed by atoms with Crippen molar-refractivity contribution in [2.45, 2.75) is 13.0 Å². The van der Waals surface area contributed by atoms with Crippen LogP contribution in [0, 0.1) is 12.7 Å². The van der Waals surface area contributed by atoms with Gasteiger partial charge in [0.2, 0.25) is 0 Å². The van der Waals surface area contributed by atoms with Crippen molar-refractivity contribution in [3.8, 4) is 0 Å². The fourth-order valence-electron chi connectivity index (χ4n) is 3.84. The molecule has 0 unspecified atom stereocenters. The third-order valence-corrected chi connectivity index (χ3v) is 6.00. The summed E-state index contributed by atoms with van der Waals surface area (Å²) >= 11 is 4.92. The number of rotatable bonds is 5. The molecule has 1 aromatic heterocycles. The highest BCUT2D eigenvalue weighted by atomic mass is 32.1. The number of aromatic nitrogens is 2. The molecule has 1 aromatic carbocycles. The molecule has 1 atom stereocenters. The number of aryl methyl sites for hydroxylation is 1. The van der Waals surface area contributed by atoms with Gasteiger partial charge in [0.25, 0.3) is 11.1 Å². The lowest BCUT2D eigenvalue weighted by Crippen LogP contribution is -2.49. The number of nitrogens with one attached hydrogen (secondary N) is 1. The second kappa shape index (κ2) is 10.2. The third-order valence-electron chi connectivity index (χ3n) is 5.68. The van der Waals surface area contributed by atoms with Gasteiger partial charge in [-0.3, -0.25) is 14.7 Å². The van der Waals surface area contributed by atoms with Crippen LogP contribution in [0.25, 0.3) is 0 Å². The minimum absolute atomic E-state index is 0.189. The number of benzene rings is 1. The number of nitrogens with zero attached hydrogens (tertiary/aromatic N) is 5. The Morgan fingerprint density at radius 2 is 2.03 bits per heavy atom. The van der Waals surface area contributed by atoms with E-state index < -0.39 is 18.0 Å². The van der Waals surface area contributed by atoms with Crippen LogP contribution < -0.4 is 15.1 Å². The lowest BCUT2D eigenvalue weighted by Gasteiger charge is -2.36. The largest absolute Gasteiger partial charge is 0.474 e. The van der Waals surface area contributed by atoms with E-state index in [1.54, 1.807) is 30.2 Å². The van der Waals surface area contributed by atoms with E-state index in [4.69, 9.17) is 21.7 Å². The number of ether oxygens (including phenoxy) is 2. The number of hydrogen-bond acceptors (Lipinski definition) is 8. The lowest BCUT2D eigenvalue weighted by atomic mass is 10.2. The number of thiocarbonyl (C=S) groups is 1. The van der Waals surface area contributed by atoms with Crippen LogP contribution in [0.3, 0.4) is 0 Å². The SMILES string of the molecule is COC(=S)NC[C@H]1CN(c2ccc(N3CCN(C(=O)c4cnc(C)cn4)CC3)c(F)c2)C(=O)O1. The van der Waals surface area contributed by atoms with E-state index in [1.165, 1.54) is 24.3 Å². The van der Waals surface area contributed by atoms with Crippen LogP contribution in [0.15, 0.2) is 30.6 Å². The van der Waals surface area contributed by atoms with E-state index in [-0.39, 0.29) is 17.6 Å². The van der Waals surface area contributed by atoms with Crippen LogP contribution in [0.2, 0.25) is 0 Å². The topological polar surface area (TPSA) is 100 Å². The molecule has 2 fully saturated rings. The first-order valence-corrected chi connectivity index (χ1v) is 11.2. The Balaban J connectivity index is 1.35. The fraction of sp³-hybridized carbons (Fsp3) is 0.409. The van der Waals surface area contributed by atoms with Gasteiger partial charge in [-0.1, -0.05) is 0 Å². The van der Waals surface area contributed by atoms with Gasteiger partial charge < -0.3 is 24.6 Å². The van der Waals surface area contributed by atoms with Gasteiger partial charge in [-0.2, -0.15) is 0 Å². The molecule has 0 bridgehead atoms. The monoisotopic (exact) mass is 488 g/mol. The molecule has 3 heterocycles. The Morgan fingerprint density at radius 3 is 2.68 bits per heavy atom. The van der Waals surface area contributed by atoms with E-state index in [2.05, 4.69) is 15.3 Å². The second-order valence-corrected chi connectivity index (χ2v) is 8.32. The molecule has 2 aliphatic heterocycles. The van der Waals surface area contributed by atoms with Gasteiger partial charge in [0.1, 0.15) is 17.6 Å². The summed E-state index contributed by atoms with van der Waals surface area (Å²) in [6, 6.07) is 4.66. The third kappa shape index (κ3) is 5.16. The summed E-state index contributed by atoms with van der Waals surface area (Å²) in [5.74, 6) is -0.637. The van der Waals surface area contributed by atoms with Crippen molar-refractivity contribution in [2.75, 3.05) is 56.2 Å². The molecular weight excluding hydrogens is 463 g/mol. The van der Waals surface area contributed by atoms with Gasteiger partial charge in [-0.05, 0) is 37.3 Å². The predicted octanol–water partition coefficient (Wildman–Crippen LogP) is 1.73. The molecule has 2 aliphatic rings. The highest BCUT2D eigenvalue weighted by molar-refractivity contribution is 7.80. The van der Waals surface area contributed by atoms with E-state index >= 15 is 4.39 Å². The minimum atomic E-state index is -0.548. The fourth-order valence-corrected chi connectivity index (χ4v) is 3.93. The van der Waals surface area contributed by atoms with Crippen molar-refractivity contribution < 1.29 is 23.5 Å². The first kappa shape index (κ1) is 23.6. The van der Waals surface area contributed by atoms with Crippen LogP contribution in [-0.2, 0) is 9.47 Å². The molecule has 2 saturated heterocycles. The standard InChI is InChI=1S/C22H25FN6O4S/c1-14-10-25-18(12-24-14)20(30)28-7-5-27(6-8-28)19-4-3-15(9-17(19)23)29-13-16(33-22(29)31)11-26-21(34)32-2/h3-4,9-10,12,16H,5-8,11,13H2,1-2H3,(H,26,34)/t16-/m0/s1. The summed E-state index contributed by atoms with van der Waals surface area (Å²) in [6.07, 6.45) is 2.04. The molecule has 1 N–H and O–H groups in total. The number of piperazine rings is 1. The Kier molecular flexibility index (Phi) is 7.06. The van der Waals surface area contributed by atoms with Crippen LogP contribution >= 0.6 is 12.2 Å². The normalized spacial score (nSPS) is 18.0. The first-order chi connectivity index (χ1) is 16.4. The molecule has 2 aromatic rings. The number of carbonyl (C=O) groups excluding carboxylic acids is 2. The van der Waals surface area contributed by atoms with Gasteiger partial charge in [-0.15, -0.1) is 0 Å². The lowest BCUT2D eigenvalue weighted by molar-refractivity contribution is 0.0740. The molecule has 12 heteroatoms. The van der Waals surface area contributed by atoms with Gasteiger partial charge in [0, 0.05) is 32.4 Å². The number of halogens is 1. The Hall–Kier alpha value is -3.54. The molecular formula is C22H25FN6O4S. The Labute approximate surface area is 201 Å². The maximum Gasteiger partial charge on any atom is 0.414 e. The zero-order valence-corrected chi connectivity index (χ0v) is 19.7. The molecule has 10 nitrogen and oxygen atoms in total. The van der Waals surface area contributed by atoms with E-state index in [1.807, 2.05) is 4.90 Å². The van der Waals surface area contributed by atoms with Gasteiger partial charge in [0.15, 0.2) is 0 Å². The van der Waals surface area contributed by atoms with Crippen LogP contribution in [0.1, 0.15) is 16.2 Å². The number of methoxy groups -OCH3 is 1. The van der Waals surface area contributed by atoms with Crippen molar-refractivity contribution in [1.82, 2.24) is 20.2 Å². The first-order valence-electron chi connectivity index (χ1n) is 10.8. The summed E-state index contributed by atoms with van der Waals surface area (Å²) in [6.45, 7) is 4.19. The number of cyclic esters (lactones) is 1. The molecule has 2 amide bonds. The average molecular weight is 489 g/mol. The van der Waals surface area contributed by atoms with Crippen LogP contribution in [-0.4, -0.2) is 84.5 Å². The molecule has 4 rings (SSSR count). The number of carbonyl (C=O) groups is 2. The van der Waals surface area contributed by atoms with E-state index in [0.717, 1.165) is 5.69 Å². The van der Waals surface area contributed by atoms with Gasteiger partial charge in [-0.25, -0.2) is 14.2 Å². The van der Waals surface area contributed by atoms with Crippen LogP contribution in [0.4, 0.5) is 20.6 Å². The number of amides is 2.